The first kappa shape index (κ1) is 7.16. The third-order valence-corrected chi connectivity index (χ3v) is 1.95. The standard InChI is InChI=1S/C9H10N2O/c1-11-6-4-7-3-5-10-9(12-2)8(7)11/h3-6H,1-2H3. The Morgan fingerprint density at radius 2 is 2.25 bits per heavy atom. The quantitative estimate of drug-likeness (QED) is 0.636. The number of aromatic nitrogens is 2. The van der Waals surface area contributed by atoms with Gasteiger partial charge in [0.1, 0.15) is 5.52 Å². The minimum absolute atomic E-state index is 0.681. The molecule has 2 rings (SSSR count). The van der Waals surface area contributed by atoms with E-state index in [1.54, 1.807) is 13.3 Å². The molecule has 2 aromatic heterocycles. The van der Waals surface area contributed by atoms with Crippen molar-refractivity contribution in [2.45, 2.75) is 0 Å². The lowest BCUT2D eigenvalue weighted by molar-refractivity contribution is 0.401. The first-order valence-corrected chi connectivity index (χ1v) is 3.77. The van der Waals surface area contributed by atoms with Gasteiger partial charge in [-0.1, -0.05) is 0 Å². The fourth-order valence-electron chi connectivity index (χ4n) is 1.35. The van der Waals surface area contributed by atoms with Crippen molar-refractivity contribution in [2.75, 3.05) is 7.11 Å². The largest absolute Gasteiger partial charge is 0.479 e. The molecule has 0 unspecified atom stereocenters. The Hall–Kier alpha value is -1.51. The Kier molecular flexibility index (Phi) is 1.50. The predicted octanol–water partition coefficient (Wildman–Crippen LogP) is 1.58. The van der Waals surface area contributed by atoms with Crippen LogP contribution in [0.15, 0.2) is 24.5 Å². The number of methoxy groups -OCH3 is 1. The van der Waals surface area contributed by atoms with Gasteiger partial charge in [-0.15, -0.1) is 0 Å². The summed E-state index contributed by atoms with van der Waals surface area (Å²) in [7, 11) is 3.61. The highest BCUT2D eigenvalue weighted by molar-refractivity contribution is 5.84. The molecule has 2 heterocycles. The molecule has 0 fully saturated rings. The maximum atomic E-state index is 5.13. The average Bonchev–Trinajstić information content (AvgIpc) is 2.48. The number of hydrogen-bond acceptors (Lipinski definition) is 2. The average molecular weight is 162 g/mol. The van der Waals surface area contributed by atoms with Gasteiger partial charge in [-0.05, 0) is 12.1 Å². The maximum absolute atomic E-state index is 5.13. The number of hydrogen-bond donors (Lipinski definition) is 0. The van der Waals surface area contributed by atoms with Crippen LogP contribution in [0.25, 0.3) is 10.9 Å². The van der Waals surface area contributed by atoms with E-state index in [2.05, 4.69) is 4.98 Å². The van der Waals surface area contributed by atoms with Crippen molar-refractivity contribution in [1.82, 2.24) is 9.55 Å². The normalized spacial score (nSPS) is 10.5. The van der Waals surface area contributed by atoms with Gasteiger partial charge in [-0.2, -0.15) is 0 Å². The Bertz CT molecular complexity index is 406. The van der Waals surface area contributed by atoms with E-state index < -0.39 is 0 Å². The summed E-state index contributed by atoms with van der Waals surface area (Å²) in [6.45, 7) is 0. The first-order chi connectivity index (χ1) is 5.83. The van der Waals surface area contributed by atoms with E-state index in [0.717, 1.165) is 10.9 Å². The molecule has 0 N–H and O–H groups in total. The predicted molar refractivity (Wildman–Crippen MR) is 47.3 cm³/mol. The Morgan fingerprint density at radius 1 is 1.42 bits per heavy atom. The van der Waals surface area contributed by atoms with Gasteiger partial charge >= 0.3 is 0 Å². The first-order valence-electron chi connectivity index (χ1n) is 3.77. The summed E-state index contributed by atoms with van der Waals surface area (Å²) in [4.78, 5) is 4.12. The topological polar surface area (TPSA) is 27.1 Å². The number of pyridine rings is 1. The van der Waals surface area contributed by atoms with E-state index in [1.165, 1.54) is 0 Å². The molecular weight excluding hydrogens is 152 g/mol. The number of ether oxygens (including phenoxy) is 1. The van der Waals surface area contributed by atoms with Crippen LogP contribution in [-0.2, 0) is 7.05 Å². The van der Waals surface area contributed by atoms with Crippen LogP contribution in [0.5, 0.6) is 5.88 Å². The van der Waals surface area contributed by atoms with Crippen LogP contribution in [-0.4, -0.2) is 16.7 Å². The number of aryl methyl sites for hydroxylation is 1. The molecule has 0 aromatic carbocycles. The zero-order valence-corrected chi connectivity index (χ0v) is 7.11. The molecule has 3 nitrogen and oxygen atoms in total. The number of fused-ring (bicyclic) bond motifs is 1. The molecular formula is C9H10N2O. The third-order valence-electron chi connectivity index (χ3n) is 1.95. The molecule has 0 aliphatic rings. The summed E-state index contributed by atoms with van der Waals surface area (Å²) < 4.78 is 7.14. The van der Waals surface area contributed by atoms with Gasteiger partial charge in [-0.3, -0.25) is 0 Å². The van der Waals surface area contributed by atoms with Gasteiger partial charge in [0.05, 0.1) is 7.11 Å². The summed E-state index contributed by atoms with van der Waals surface area (Å²) in [5.74, 6) is 0.681. The van der Waals surface area contributed by atoms with E-state index in [1.807, 2.05) is 29.9 Å². The Labute approximate surface area is 70.6 Å². The van der Waals surface area contributed by atoms with Crippen LogP contribution in [0.1, 0.15) is 0 Å². The van der Waals surface area contributed by atoms with E-state index >= 15 is 0 Å². The monoisotopic (exact) mass is 162 g/mol. The molecule has 0 amide bonds. The van der Waals surface area contributed by atoms with Crippen LogP contribution in [0.3, 0.4) is 0 Å². The minimum atomic E-state index is 0.681. The minimum Gasteiger partial charge on any atom is -0.479 e. The summed E-state index contributed by atoms with van der Waals surface area (Å²) in [6.07, 6.45) is 3.75. The van der Waals surface area contributed by atoms with Crippen molar-refractivity contribution in [1.29, 1.82) is 0 Å². The van der Waals surface area contributed by atoms with Gasteiger partial charge in [0.2, 0.25) is 5.88 Å². The lowest BCUT2D eigenvalue weighted by Gasteiger charge is -2.01. The smallest absolute Gasteiger partial charge is 0.238 e. The van der Waals surface area contributed by atoms with Gasteiger partial charge in [0.15, 0.2) is 0 Å². The Morgan fingerprint density at radius 3 is 3.00 bits per heavy atom. The second-order valence-corrected chi connectivity index (χ2v) is 2.68. The molecule has 3 heteroatoms. The second kappa shape index (κ2) is 2.52. The zero-order chi connectivity index (χ0) is 8.55. The second-order valence-electron chi connectivity index (χ2n) is 2.68. The molecule has 0 bridgehead atoms. The molecule has 0 radical (unpaired) electrons. The van der Waals surface area contributed by atoms with Crippen LogP contribution >= 0.6 is 0 Å². The molecule has 0 aliphatic carbocycles. The summed E-state index contributed by atoms with van der Waals surface area (Å²) in [6, 6.07) is 4.01. The third kappa shape index (κ3) is 0.863. The van der Waals surface area contributed by atoms with Crippen molar-refractivity contribution >= 4 is 10.9 Å². The lowest BCUT2D eigenvalue weighted by atomic mass is 10.3. The van der Waals surface area contributed by atoms with Gasteiger partial charge in [0.25, 0.3) is 0 Å². The van der Waals surface area contributed by atoms with Crippen molar-refractivity contribution in [2.24, 2.45) is 7.05 Å². The van der Waals surface area contributed by atoms with Crippen molar-refractivity contribution in [3.05, 3.63) is 24.5 Å². The lowest BCUT2D eigenvalue weighted by Crippen LogP contribution is -1.92. The van der Waals surface area contributed by atoms with Crippen molar-refractivity contribution in [3.63, 3.8) is 0 Å². The number of nitrogens with zero attached hydrogens (tertiary/aromatic N) is 2. The fourth-order valence-corrected chi connectivity index (χ4v) is 1.35. The van der Waals surface area contributed by atoms with Crippen LogP contribution in [0, 0.1) is 0 Å². The molecule has 0 aliphatic heterocycles. The molecule has 62 valence electrons. The molecule has 0 saturated carbocycles. The SMILES string of the molecule is COc1nccc2ccn(C)c12. The molecule has 12 heavy (non-hydrogen) atoms. The highest BCUT2D eigenvalue weighted by Gasteiger charge is 2.04. The van der Waals surface area contributed by atoms with Gasteiger partial charge in [0, 0.05) is 24.8 Å². The van der Waals surface area contributed by atoms with Crippen molar-refractivity contribution < 1.29 is 4.74 Å². The summed E-state index contributed by atoms with van der Waals surface area (Å²) in [5, 5.41) is 1.16. The molecule has 0 atom stereocenters. The zero-order valence-electron chi connectivity index (χ0n) is 7.11. The van der Waals surface area contributed by atoms with Crippen LogP contribution in [0.2, 0.25) is 0 Å². The fraction of sp³-hybridized carbons (Fsp3) is 0.222. The molecule has 0 spiro atoms. The highest BCUT2D eigenvalue weighted by Crippen LogP contribution is 2.22. The van der Waals surface area contributed by atoms with E-state index in [-0.39, 0.29) is 0 Å². The van der Waals surface area contributed by atoms with E-state index in [9.17, 15) is 0 Å². The van der Waals surface area contributed by atoms with E-state index in [0.29, 0.717) is 5.88 Å². The van der Waals surface area contributed by atoms with Crippen LogP contribution in [0.4, 0.5) is 0 Å². The number of rotatable bonds is 1. The van der Waals surface area contributed by atoms with E-state index in [4.69, 9.17) is 4.74 Å². The van der Waals surface area contributed by atoms with Gasteiger partial charge in [-0.25, -0.2) is 4.98 Å². The summed E-state index contributed by atoms with van der Waals surface area (Å²) in [5.41, 5.74) is 1.04. The van der Waals surface area contributed by atoms with Crippen LogP contribution < -0.4 is 4.74 Å². The Balaban J connectivity index is 2.84. The highest BCUT2D eigenvalue weighted by atomic mass is 16.5. The summed E-state index contributed by atoms with van der Waals surface area (Å²) >= 11 is 0. The molecule has 0 saturated heterocycles. The molecule has 2 aromatic rings. The van der Waals surface area contributed by atoms with Crippen molar-refractivity contribution in [3.8, 4) is 5.88 Å². The maximum Gasteiger partial charge on any atom is 0.238 e. The van der Waals surface area contributed by atoms with Gasteiger partial charge < -0.3 is 9.30 Å².